The van der Waals surface area contributed by atoms with E-state index in [4.69, 9.17) is 0 Å². The van der Waals surface area contributed by atoms with Gasteiger partial charge in [-0.25, -0.2) is 0 Å². The Balaban J connectivity index is 1.62. The smallest absolute Gasteiger partial charge is 0.227 e. The Kier molecular flexibility index (Phi) is 4.37. The van der Waals surface area contributed by atoms with Crippen LogP contribution >= 0.6 is 0 Å². The van der Waals surface area contributed by atoms with Crippen molar-refractivity contribution in [3.63, 3.8) is 0 Å². The summed E-state index contributed by atoms with van der Waals surface area (Å²) in [5, 5.41) is 2.89. The number of carbonyl (C=O) groups is 2. The lowest BCUT2D eigenvalue weighted by Crippen LogP contribution is -2.32. The van der Waals surface area contributed by atoms with E-state index in [9.17, 15) is 9.59 Å². The van der Waals surface area contributed by atoms with Crippen molar-refractivity contribution in [2.75, 3.05) is 11.4 Å². The predicted molar refractivity (Wildman–Crippen MR) is 87.7 cm³/mol. The molecule has 0 aliphatic carbocycles. The number of carbonyl (C=O) groups excluding carboxylic acids is 2. The van der Waals surface area contributed by atoms with Crippen molar-refractivity contribution in [3.8, 4) is 0 Å². The van der Waals surface area contributed by atoms with Crippen LogP contribution in [0.1, 0.15) is 17.5 Å². The number of rotatable bonds is 4. The van der Waals surface area contributed by atoms with Crippen LogP contribution in [0, 0.1) is 12.8 Å². The SMILES string of the molecule is Cc1cccc(N2C[C@H](C(=O)NCc3cccnc3)CC2=O)c1. The van der Waals surface area contributed by atoms with Crippen molar-refractivity contribution in [2.45, 2.75) is 19.9 Å². The minimum Gasteiger partial charge on any atom is -0.352 e. The van der Waals surface area contributed by atoms with Gasteiger partial charge in [-0.1, -0.05) is 18.2 Å². The molecule has 1 N–H and O–H groups in total. The van der Waals surface area contributed by atoms with E-state index in [1.165, 1.54) is 0 Å². The van der Waals surface area contributed by atoms with Gasteiger partial charge < -0.3 is 10.2 Å². The van der Waals surface area contributed by atoms with Crippen molar-refractivity contribution in [3.05, 3.63) is 59.9 Å². The van der Waals surface area contributed by atoms with Gasteiger partial charge in [-0.05, 0) is 36.2 Å². The maximum atomic E-state index is 12.3. The fourth-order valence-corrected chi connectivity index (χ4v) is 2.76. The van der Waals surface area contributed by atoms with Crippen molar-refractivity contribution in [1.82, 2.24) is 10.3 Å². The number of aromatic nitrogens is 1. The number of hydrogen-bond donors (Lipinski definition) is 1. The molecule has 0 bridgehead atoms. The fraction of sp³-hybridized carbons (Fsp3) is 0.278. The second-order valence-electron chi connectivity index (χ2n) is 5.82. The highest BCUT2D eigenvalue weighted by Crippen LogP contribution is 2.25. The molecule has 1 saturated heterocycles. The van der Waals surface area contributed by atoms with Crippen LogP contribution in [0.25, 0.3) is 0 Å². The third kappa shape index (κ3) is 3.56. The number of hydrogen-bond acceptors (Lipinski definition) is 3. The van der Waals surface area contributed by atoms with E-state index < -0.39 is 0 Å². The number of nitrogens with one attached hydrogen (secondary N) is 1. The molecule has 2 heterocycles. The maximum Gasteiger partial charge on any atom is 0.227 e. The van der Waals surface area contributed by atoms with Crippen LogP contribution in [0.4, 0.5) is 5.69 Å². The lowest BCUT2D eigenvalue weighted by Gasteiger charge is -2.17. The molecule has 1 aromatic heterocycles. The molecule has 1 atom stereocenters. The molecule has 1 aromatic carbocycles. The van der Waals surface area contributed by atoms with Gasteiger partial charge in [0.25, 0.3) is 0 Å². The highest BCUT2D eigenvalue weighted by molar-refractivity contribution is 6.00. The van der Waals surface area contributed by atoms with Crippen molar-refractivity contribution in [1.29, 1.82) is 0 Å². The molecular formula is C18H19N3O2. The maximum absolute atomic E-state index is 12.3. The Morgan fingerprint density at radius 1 is 1.35 bits per heavy atom. The van der Waals surface area contributed by atoms with Gasteiger partial charge in [-0.3, -0.25) is 14.6 Å². The van der Waals surface area contributed by atoms with Crippen LogP contribution in [0.15, 0.2) is 48.8 Å². The lowest BCUT2D eigenvalue weighted by molar-refractivity contribution is -0.126. The van der Waals surface area contributed by atoms with E-state index in [0.717, 1.165) is 16.8 Å². The van der Waals surface area contributed by atoms with E-state index in [0.29, 0.717) is 13.1 Å². The summed E-state index contributed by atoms with van der Waals surface area (Å²) in [5.74, 6) is -0.394. The third-order valence-electron chi connectivity index (χ3n) is 4.00. The largest absolute Gasteiger partial charge is 0.352 e. The summed E-state index contributed by atoms with van der Waals surface area (Å²) in [6.07, 6.45) is 3.67. The molecule has 3 rings (SSSR count). The molecule has 0 spiro atoms. The average Bonchev–Trinajstić information content (AvgIpc) is 2.95. The molecule has 0 saturated carbocycles. The Labute approximate surface area is 135 Å². The Hall–Kier alpha value is -2.69. The Bertz CT molecular complexity index is 715. The van der Waals surface area contributed by atoms with Gasteiger partial charge in [0.05, 0.1) is 5.92 Å². The van der Waals surface area contributed by atoms with E-state index >= 15 is 0 Å². The van der Waals surface area contributed by atoms with E-state index in [1.54, 1.807) is 17.3 Å². The van der Waals surface area contributed by atoms with Crippen LogP contribution in [0.5, 0.6) is 0 Å². The van der Waals surface area contributed by atoms with Gasteiger partial charge in [0.2, 0.25) is 11.8 Å². The van der Waals surface area contributed by atoms with Crippen LogP contribution in [0.3, 0.4) is 0 Å². The predicted octanol–water partition coefficient (Wildman–Crippen LogP) is 2.06. The first kappa shape index (κ1) is 15.2. The zero-order chi connectivity index (χ0) is 16.2. The van der Waals surface area contributed by atoms with Crippen molar-refractivity contribution < 1.29 is 9.59 Å². The number of amides is 2. The average molecular weight is 309 g/mol. The highest BCUT2D eigenvalue weighted by atomic mass is 16.2. The molecule has 0 radical (unpaired) electrons. The molecule has 23 heavy (non-hydrogen) atoms. The van der Waals surface area contributed by atoms with Gasteiger partial charge >= 0.3 is 0 Å². The third-order valence-corrected chi connectivity index (χ3v) is 4.00. The van der Waals surface area contributed by atoms with E-state index in [1.807, 2.05) is 43.3 Å². The lowest BCUT2D eigenvalue weighted by atomic mass is 10.1. The molecule has 2 aromatic rings. The molecule has 5 heteroatoms. The standard InChI is InChI=1S/C18H19N3O2/c1-13-4-2-6-16(8-13)21-12-15(9-17(21)22)18(23)20-11-14-5-3-7-19-10-14/h2-8,10,15H,9,11-12H2,1H3,(H,20,23)/t15-/m1/s1. The number of nitrogens with zero attached hydrogens (tertiary/aromatic N) is 2. The molecule has 0 unspecified atom stereocenters. The summed E-state index contributed by atoms with van der Waals surface area (Å²) in [5.41, 5.74) is 2.90. The molecule has 1 fully saturated rings. The Morgan fingerprint density at radius 2 is 2.22 bits per heavy atom. The van der Waals surface area contributed by atoms with Crippen molar-refractivity contribution in [2.24, 2.45) is 5.92 Å². The summed E-state index contributed by atoms with van der Waals surface area (Å²) in [7, 11) is 0. The first-order chi connectivity index (χ1) is 11.1. The van der Waals surface area contributed by atoms with Gasteiger partial charge in [0.1, 0.15) is 0 Å². The minimum atomic E-state index is -0.306. The summed E-state index contributed by atoms with van der Waals surface area (Å²) in [6, 6.07) is 11.5. The first-order valence-electron chi connectivity index (χ1n) is 7.67. The molecule has 118 valence electrons. The fourth-order valence-electron chi connectivity index (χ4n) is 2.76. The summed E-state index contributed by atoms with van der Waals surface area (Å²) < 4.78 is 0. The number of benzene rings is 1. The van der Waals surface area contributed by atoms with Crippen molar-refractivity contribution >= 4 is 17.5 Å². The number of anilines is 1. The van der Waals surface area contributed by atoms with Gasteiger partial charge in [0.15, 0.2) is 0 Å². The topological polar surface area (TPSA) is 62.3 Å². The van der Waals surface area contributed by atoms with E-state index in [-0.39, 0.29) is 24.2 Å². The molecule has 1 aliphatic heterocycles. The summed E-state index contributed by atoms with van der Waals surface area (Å²) in [4.78, 5) is 30.2. The monoisotopic (exact) mass is 309 g/mol. The molecule has 2 amide bonds. The minimum absolute atomic E-state index is 0.00266. The zero-order valence-electron chi connectivity index (χ0n) is 13.0. The van der Waals surface area contributed by atoms with E-state index in [2.05, 4.69) is 10.3 Å². The van der Waals surface area contributed by atoms with Crippen LogP contribution in [-0.2, 0) is 16.1 Å². The highest BCUT2D eigenvalue weighted by Gasteiger charge is 2.34. The van der Waals surface area contributed by atoms with Gasteiger partial charge in [-0.15, -0.1) is 0 Å². The van der Waals surface area contributed by atoms with Gasteiger partial charge in [0, 0.05) is 37.6 Å². The number of pyridine rings is 1. The quantitative estimate of drug-likeness (QED) is 0.940. The second-order valence-corrected chi connectivity index (χ2v) is 5.82. The normalized spacial score (nSPS) is 17.3. The van der Waals surface area contributed by atoms with Crippen LogP contribution in [0.2, 0.25) is 0 Å². The summed E-state index contributed by atoms with van der Waals surface area (Å²) >= 11 is 0. The molecule has 5 nitrogen and oxygen atoms in total. The summed E-state index contributed by atoms with van der Waals surface area (Å²) in [6.45, 7) is 2.85. The number of aryl methyl sites for hydroxylation is 1. The van der Waals surface area contributed by atoms with Crippen LogP contribution in [-0.4, -0.2) is 23.3 Å². The molecule has 1 aliphatic rings. The van der Waals surface area contributed by atoms with Crippen LogP contribution < -0.4 is 10.2 Å². The zero-order valence-corrected chi connectivity index (χ0v) is 13.0. The molecular weight excluding hydrogens is 290 g/mol. The van der Waals surface area contributed by atoms with Gasteiger partial charge in [-0.2, -0.15) is 0 Å². The first-order valence-corrected chi connectivity index (χ1v) is 7.67. The Morgan fingerprint density at radius 3 is 2.96 bits per heavy atom. The second kappa shape index (κ2) is 6.60.